The highest BCUT2D eigenvalue weighted by Gasteiger charge is 2.27. The first-order chi connectivity index (χ1) is 12.8. The van der Waals surface area contributed by atoms with Gasteiger partial charge >= 0.3 is 5.97 Å². The van der Waals surface area contributed by atoms with Crippen molar-refractivity contribution >= 4 is 11.8 Å². The van der Waals surface area contributed by atoms with Gasteiger partial charge in [0.15, 0.2) is 17.3 Å². The van der Waals surface area contributed by atoms with E-state index < -0.39 is 17.8 Å². The number of aryl methyl sites for hydroxylation is 1. The quantitative estimate of drug-likeness (QED) is 0.566. The maximum Gasteiger partial charge on any atom is 0.339 e. The monoisotopic (exact) mass is 376 g/mol. The predicted octanol–water partition coefficient (Wildman–Crippen LogP) is 3.14. The average molecular weight is 376 g/mol. The Morgan fingerprint density at radius 3 is 2.56 bits per heavy atom. The largest absolute Gasteiger partial charge is 0.489 e. The van der Waals surface area contributed by atoms with Gasteiger partial charge in [0.25, 0.3) is 0 Å². The zero-order chi connectivity index (χ0) is 20.1. The summed E-state index contributed by atoms with van der Waals surface area (Å²) in [7, 11) is 3.10. The summed E-state index contributed by atoms with van der Waals surface area (Å²) in [6.45, 7) is 5.90. The molecule has 7 heteroatoms. The SMILES string of the molecule is COC(=O)c1c(C)[nH]c(C(=O)[C@H](C)N(C)CCOc2ccccc2F)c1C. The molecule has 0 spiro atoms. The number of nitrogens with zero attached hydrogens (tertiary/aromatic N) is 1. The molecule has 0 aliphatic carbocycles. The average Bonchev–Trinajstić information content (AvgIpc) is 2.95. The van der Waals surface area contributed by atoms with Crippen LogP contribution in [-0.2, 0) is 4.74 Å². The molecule has 2 aromatic rings. The molecule has 1 aromatic heterocycles. The minimum absolute atomic E-state index is 0.140. The molecule has 0 fully saturated rings. The fourth-order valence-electron chi connectivity index (χ4n) is 2.87. The summed E-state index contributed by atoms with van der Waals surface area (Å²) in [5.41, 5.74) is 1.95. The van der Waals surface area contributed by atoms with Crippen LogP contribution in [0.4, 0.5) is 4.39 Å². The molecular weight excluding hydrogens is 351 g/mol. The zero-order valence-electron chi connectivity index (χ0n) is 16.3. The summed E-state index contributed by atoms with van der Waals surface area (Å²) in [6, 6.07) is 5.74. The number of para-hydroxylation sites is 1. The Morgan fingerprint density at radius 1 is 1.26 bits per heavy atom. The van der Waals surface area contributed by atoms with Crippen LogP contribution in [0.3, 0.4) is 0 Å². The lowest BCUT2D eigenvalue weighted by Gasteiger charge is -2.23. The predicted molar refractivity (Wildman–Crippen MR) is 99.9 cm³/mol. The highest BCUT2D eigenvalue weighted by molar-refractivity contribution is 6.03. The van der Waals surface area contributed by atoms with Crippen molar-refractivity contribution < 1.29 is 23.5 Å². The molecule has 0 amide bonds. The van der Waals surface area contributed by atoms with E-state index in [1.807, 2.05) is 4.90 Å². The van der Waals surface area contributed by atoms with E-state index in [2.05, 4.69) is 4.98 Å². The molecule has 1 heterocycles. The first-order valence-corrected chi connectivity index (χ1v) is 8.67. The number of Topliss-reactive ketones (excluding diaryl/α,β-unsaturated/α-hetero) is 1. The number of halogens is 1. The Bertz CT molecular complexity index is 831. The molecule has 0 aliphatic rings. The third kappa shape index (κ3) is 4.54. The second-order valence-corrected chi connectivity index (χ2v) is 6.42. The lowest BCUT2D eigenvalue weighted by molar-refractivity contribution is 0.0599. The van der Waals surface area contributed by atoms with Gasteiger partial charge in [-0.25, -0.2) is 9.18 Å². The van der Waals surface area contributed by atoms with Crippen molar-refractivity contribution in [3.8, 4) is 5.75 Å². The normalized spacial score (nSPS) is 12.1. The molecule has 2 rings (SSSR count). The molecular formula is C20H25FN2O4. The maximum atomic E-state index is 13.6. The Balaban J connectivity index is 2.02. The van der Waals surface area contributed by atoms with Crippen molar-refractivity contribution in [2.24, 2.45) is 0 Å². The number of ketones is 1. The number of benzene rings is 1. The van der Waals surface area contributed by atoms with E-state index in [4.69, 9.17) is 9.47 Å². The zero-order valence-corrected chi connectivity index (χ0v) is 16.3. The van der Waals surface area contributed by atoms with Crippen LogP contribution in [0.2, 0.25) is 0 Å². The van der Waals surface area contributed by atoms with E-state index in [0.29, 0.717) is 29.1 Å². The third-order valence-electron chi connectivity index (χ3n) is 4.65. The van der Waals surface area contributed by atoms with Crippen LogP contribution in [0, 0.1) is 19.7 Å². The molecule has 0 saturated heterocycles. The molecule has 146 valence electrons. The van der Waals surface area contributed by atoms with Gasteiger partial charge in [-0.1, -0.05) is 12.1 Å². The van der Waals surface area contributed by atoms with Crippen LogP contribution in [0.25, 0.3) is 0 Å². The Labute approximate surface area is 158 Å². The van der Waals surface area contributed by atoms with Gasteiger partial charge in [0.2, 0.25) is 0 Å². The van der Waals surface area contributed by atoms with Crippen LogP contribution in [-0.4, -0.2) is 55.0 Å². The van der Waals surface area contributed by atoms with Crippen LogP contribution >= 0.6 is 0 Å². The molecule has 1 N–H and O–H groups in total. The highest BCUT2D eigenvalue weighted by Crippen LogP contribution is 2.21. The van der Waals surface area contributed by atoms with E-state index in [1.165, 1.54) is 13.2 Å². The van der Waals surface area contributed by atoms with Crippen molar-refractivity contribution in [1.82, 2.24) is 9.88 Å². The Morgan fingerprint density at radius 2 is 1.93 bits per heavy atom. The van der Waals surface area contributed by atoms with Crippen molar-refractivity contribution in [2.45, 2.75) is 26.8 Å². The maximum absolute atomic E-state index is 13.6. The van der Waals surface area contributed by atoms with Crippen LogP contribution in [0.15, 0.2) is 24.3 Å². The van der Waals surface area contributed by atoms with E-state index in [-0.39, 0.29) is 18.1 Å². The first kappa shape index (κ1) is 20.6. The summed E-state index contributed by atoms with van der Waals surface area (Å²) in [5.74, 6) is -0.848. The highest BCUT2D eigenvalue weighted by atomic mass is 19.1. The number of likely N-dealkylation sites (N-methyl/N-ethyl adjacent to an activating group) is 1. The number of carbonyl (C=O) groups excluding carboxylic acids is 2. The smallest absolute Gasteiger partial charge is 0.339 e. The van der Waals surface area contributed by atoms with Gasteiger partial charge in [-0.05, 0) is 45.5 Å². The number of ether oxygens (including phenoxy) is 2. The van der Waals surface area contributed by atoms with E-state index in [0.717, 1.165) is 0 Å². The Kier molecular flexibility index (Phi) is 6.74. The van der Waals surface area contributed by atoms with Gasteiger partial charge in [0, 0.05) is 12.2 Å². The second-order valence-electron chi connectivity index (χ2n) is 6.42. The Hall–Kier alpha value is -2.67. The number of H-pyrrole nitrogens is 1. The van der Waals surface area contributed by atoms with Crippen molar-refractivity contribution in [3.05, 3.63) is 52.6 Å². The molecule has 0 bridgehead atoms. The molecule has 1 aromatic carbocycles. The van der Waals surface area contributed by atoms with Gasteiger partial charge in [0.1, 0.15) is 6.61 Å². The van der Waals surface area contributed by atoms with E-state index in [1.54, 1.807) is 46.0 Å². The van der Waals surface area contributed by atoms with Gasteiger partial charge in [-0.15, -0.1) is 0 Å². The number of methoxy groups -OCH3 is 1. The standard InChI is InChI=1S/C20H25FN2O4/c1-12-17(20(25)26-5)13(2)22-18(12)19(24)14(3)23(4)10-11-27-16-9-7-6-8-15(16)21/h6-9,14,22H,10-11H2,1-5H3/t14-/m0/s1. The fourth-order valence-corrected chi connectivity index (χ4v) is 2.87. The number of hydrogen-bond donors (Lipinski definition) is 1. The molecule has 27 heavy (non-hydrogen) atoms. The second kappa shape index (κ2) is 8.81. The number of aromatic amines is 1. The third-order valence-corrected chi connectivity index (χ3v) is 4.65. The summed E-state index contributed by atoms with van der Waals surface area (Å²) in [6.07, 6.45) is 0. The van der Waals surface area contributed by atoms with Gasteiger partial charge < -0.3 is 14.5 Å². The molecule has 0 unspecified atom stereocenters. The number of carbonyl (C=O) groups is 2. The number of hydrogen-bond acceptors (Lipinski definition) is 5. The minimum atomic E-state index is -0.473. The van der Waals surface area contributed by atoms with Gasteiger partial charge in [0.05, 0.1) is 24.4 Å². The lowest BCUT2D eigenvalue weighted by atomic mass is 10.0. The molecule has 0 saturated carbocycles. The fraction of sp³-hybridized carbons (Fsp3) is 0.400. The number of esters is 1. The lowest BCUT2D eigenvalue weighted by Crippen LogP contribution is -2.39. The number of aromatic nitrogens is 1. The summed E-state index contributed by atoms with van der Waals surface area (Å²) < 4.78 is 23.8. The summed E-state index contributed by atoms with van der Waals surface area (Å²) >= 11 is 0. The van der Waals surface area contributed by atoms with Gasteiger partial charge in [-0.2, -0.15) is 0 Å². The molecule has 1 atom stereocenters. The van der Waals surface area contributed by atoms with Crippen molar-refractivity contribution in [3.63, 3.8) is 0 Å². The van der Waals surface area contributed by atoms with E-state index >= 15 is 0 Å². The molecule has 0 radical (unpaired) electrons. The van der Waals surface area contributed by atoms with Crippen molar-refractivity contribution in [1.29, 1.82) is 0 Å². The van der Waals surface area contributed by atoms with Crippen molar-refractivity contribution in [2.75, 3.05) is 27.3 Å². The number of rotatable bonds is 8. The van der Waals surface area contributed by atoms with Crippen LogP contribution in [0.1, 0.15) is 39.0 Å². The molecule has 6 nitrogen and oxygen atoms in total. The topological polar surface area (TPSA) is 71.6 Å². The van der Waals surface area contributed by atoms with E-state index in [9.17, 15) is 14.0 Å². The minimum Gasteiger partial charge on any atom is -0.489 e. The first-order valence-electron chi connectivity index (χ1n) is 8.67. The summed E-state index contributed by atoms with van der Waals surface area (Å²) in [4.78, 5) is 29.5. The number of nitrogens with one attached hydrogen (secondary N) is 1. The molecule has 0 aliphatic heterocycles. The van der Waals surface area contributed by atoms with Crippen LogP contribution in [0.5, 0.6) is 5.75 Å². The van der Waals surface area contributed by atoms with Gasteiger partial charge in [-0.3, -0.25) is 9.69 Å². The summed E-state index contributed by atoms with van der Waals surface area (Å²) in [5, 5.41) is 0. The van der Waals surface area contributed by atoms with Crippen LogP contribution < -0.4 is 4.74 Å².